The minimum atomic E-state index is -0.367. The first-order valence-corrected chi connectivity index (χ1v) is 6.72. The van der Waals surface area contributed by atoms with E-state index in [2.05, 4.69) is 6.58 Å². The molecule has 2 aromatic rings. The molecule has 1 aliphatic rings. The number of carbonyl (C=O) groups excluding carboxylic acids is 1. The van der Waals surface area contributed by atoms with Gasteiger partial charge in [-0.15, -0.1) is 0 Å². The van der Waals surface area contributed by atoms with Crippen molar-refractivity contribution >= 4 is 17.6 Å². The Balaban J connectivity index is 2.22. The van der Waals surface area contributed by atoms with E-state index in [1.54, 1.807) is 12.1 Å². The van der Waals surface area contributed by atoms with E-state index in [1.165, 1.54) is 24.3 Å². The second-order valence-electron chi connectivity index (χ2n) is 4.79. The molecule has 0 aliphatic carbocycles. The van der Waals surface area contributed by atoms with Crippen LogP contribution in [0.3, 0.4) is 0 Å². The normalized spacial score (nSPS) is 16.0. The van der Waals surface area contributed by atoms with Gasteiger partial charge < -0.3 is 9.47 Å². The average Bonchev–Trinajstić information content (AvgIpc) is 2.70. The highest BCUT2D eigenvalue weighted by Gasteiger charge is 2.21. The van der Waals surface area contributed by atoms with Crippen molar-refractivity contribution in [2.75, 3.05) is 6.61 Å². The molecule has 1 aliphatic heterocycles. The van der Waals surface area contributed by atoms with Crippen molar-refractivity contribution < 1.29 is 18.7 Å². The number of allylic oxidation sites excluding steroid dienone is 1. The fraction of sp³-hybridized carbons (Fsp3) is 0.0556. The van der Waals surface area contributed by atoms with E-state index < -0.39 is 0 Å². The number of hydrogen-bond donors (Lipinski definition) is 0. The van der Waals surface area contributed by atoms with Crippen LogP contribution in [0.5, 0.6) is 5.75 Å². The minimum Gasteiger partial charge on any atom is -0.485 e. The van der Waals surface area contributed by atoms with Crippen LogP contribution in [-0.4, -0.2) is 12.9 Å². The molecule has 0 N–H and O–H groups in total. The van der Waals surface area contributed by atoms with E-state index >= 15 is 0 Å². The van der Waals surface area contributed by atoms with E-state index in [4.69, 9.17) is 9.47 Å². The van der Waals surface area contributed by atoms with Crippen LogP contribution in [0.4, 0.5) is 4.39 Å². The van der Waals surface area contributed by atoms with Gasteiger partial charge in [0.1, 0.15) is 29.7 Å². The molecule has 3 nitrogen and oxygen atoms in total. The zero-order valence-corrected chi connectivity index (χ0v) is 11.7. The summed E-state index contributed by atoms with van der Waals surface area (Å²) in [5, 5.41) is 0. The second-order valence-corrected chi connectivity index (χ2v) is 4.79. The Morgan fingerprint density at radius 2 is 1.86 bits per heavy atom. The number of ether oxygens (including phenoxy) is 2. The maximum atomic E-state index is 13.1. The largest absolute Gasteiger partial charge is 0.485 e. The number of carbonyl (C=O) groups is 1. The van der Waals surface area contributed by atoms with Crippen molar-refractivity contribution in [1.29, 1.82) is 0 Å². The zero-order valence-electron chi connectivity index (χ0n) is 11.7. The molecule has 0 bridgehead atoms. The molecule has 2 aromatic carbocycles. The van der Waals surface area contributed by atoms with E-state index in [0.717, 1.165) is 0 Å². The molecule has 0 saturated carbocycles. The summed E-state index contributed by atoms with van der Waals surface area (Å²) >= 11 is 0. The predicted molar refractivity (Wildman–Crippen MR) is 81.4 cm³/mol. The summed E-state index contributed by atoms with van der Waals surface area (Å²) in [6.45, 7) is 3.98. The number of fused-ring (bicyclic) bond motifs is 1. The van der Waals surface area contributed by atoms with Crippen molar-refractivity contribution in [3.05, 3.63) is 77.8 Å². The lowest BCUT2D eigenvalue weighted by Crippen LogP contribution is -1.99. The molecule has 0 radical (unpaired) electrons. The third-order valence-corrected chi connectivity index (χ3v) is 3.28. The van der Waals surface area contributed by atoms with Gasteiger partial charge >= 0.3 is 0 Å². The lowest BCUT2D eigenvalue weighted by atomic mass is 10.0. The van der Waals surface area contributed by atoms with Gasteiger partial charge in [-0.1, -0.05) is 30.8 Å². The fourth-order valence-corrected chi connectivity index (χ4v) is 2.25. The highest BCUT2D eigenvalue weighted by atomic mass is 19.1. The van der Waals surface area contributed by atoms with Crippen molar-refractivity contribution in [2.45, 2.75) is 0 Å². The number of rotatable bonds is 2. The molecule has 0 atom stereocenters. The zero-order chi connectivity index (χ0) is 15.5. The lowest BCUT2D eigenvalue weighted by Gasteiger charge is -2.12. The van der Waals surface area contributed by atoms with Crippen LogP contribution in [0.15, 0.2) is 60.9 Å². The Kier molecular flexibility index (Phi) is 3.74. The van der Waals surface area contributed by atoms with Crippen LogP contribution in [0.2, 0.25) is 0 Å². The van der Waals surface area contributed by atoms with Crippen LogP contribution in [0.1, 0.15) is 11.1 Å². The van der Waals surface area contributed by atoms with Crippen molar-refractivity contribution in [3.8, 4) is 5.75 Å². The summed E-state index contributed by atoms with van der Waals surface area (Å²) in [6.07, 6.45) is 0.692. The van der Waals surface area contributed by atoms with Gasteiger partial charge in [-0.05, 0) is 29.8 Å². The van der Waals surface area contributed by atoms with Gasteiger partial charge in [0.15, 0.2) is 6.29 Å². The molecular weight excluding hydrogens is 283 g/mol. The highest BCUT2D eigenvalue weighted by molar-refractivity contribution is 6.16. The first-order chi connectivity index (χ1) is 10.7. The molecule has 110 valence electrons. The van der Waals surface area contributed by atoms with Gasteiger partial charge in [-0.2, -0.15) is 0 Å². The van der Waals surface area contributed by atoms with Crippen molar-refractivity contribution in [2.24, 2.45) is 0 Å². The Labute approximate surface area is 127 Å². The third kappa shape index (κ3) is 2.63. The summed E-state index contributed by atoms with van der Waals surface area (Å²) in [5.41, 5.74) is 1.54. The molecule has 0 fully saturated rings. The van der Waals surface area contributed by atoms with Crippen LogP contribution in [0.25, 0.3) is 11.3 Å². The van der Waals surface area contributed by atoms with E-state index in [1.807, 2.05) is 12.1 Å². The van der Waals surface area contributed by atoms with Crippen molar-refractivity contribution in [1.82, 2.24) is 0 Å². The van der Waals surface area contributed by atoms with E-state index in [9.17, 15) is 9.18 Å². The molecule has 0 spiro atoms. The maximum absolute atomic E-state index is 13.1. The van der Waals surface area contributed by atoms with Gasteiger partial charge in [-0.3, -0.25) is 4.79 Å². The fourth-order valence-electron chi connectivity index (χ4n) is 2.25. The smallest absolute Gasteiger partial charge is 0.154 e. The SMILES string of the molecule is C=C1COc2ccccc2/C(=C(/C=O)c2ccc(F)cc2)O1. The quantitative estimate of drug-likeness (QED) is 0.624. The van der Waals surface area contributed by atoms with Crippen LogP contribution >= 0.6 is 0 Å². The van der Waals surface area contributed by atoms with Gasteiger partial charge in [0.05, 0.1) is 11.1 Å². The van der Waals surface area contributed by atoms with Crippen LogP contribution in [-0.2, 0) is 9.53 Å². The first-order valence-electron chi connectivity index (χ1n) is 6.72. The van der Waals surface area contributed by atoms with Crippen LogP contribution < -0.4 is 4.74 Å². The molecule has 1 heterocycles. The van der Waals surface area contributed by atoms with E-state index in [-0.39, 0.29) is 12.4 Å². The Hall–Kier alpha value is -2.88. The van der Waals surface area contributed by atoms with Gasteiger partial charge in [0, 0.05) is 0 Å². The highest BCUT2D eigenvalue weighted by Crippen LogP contribution is 2.36. The Bertz CT molecular complexity index is 760. The average molecular weight is 296 g/mol. The second kappa shape index (κ2) is 5.85. The number of halogens is 1. The Morgan fingerprint density at radius 3 is 2.59 bits per heavy atom. The maximum Gasteiger partial charge on any atom is 0.154 e. The number of hydrogen-bond acceptors (Lipinski definition) is 3. The van der Waals surface area contributed by atoms with Gasteiger partial charge in [0.25, 0.3) is 0 Å². The number of para-hydroxylation sites is 1. The predicted octanol–water partition coefficient (Wildman–Crippen LogP) is 3.82. The van der Waals surface area contributed by atoms with E-state index in [0.29, 0.717) is 40.3 Å². The van der Waals surface area contributed by atoms with Crippen LogP contribution in [0, 0.1) is 5.82 Å². The molecular formula is C18H13FO3. The first kappa shape index (κ1) is 14.1. The summed E-state index contributed by atoms with van der Waals surface area (Å²) < 4.78 is 24.4. The molecule has 4 heteroatoms. The molecule has 3 rings (SSSR count). The molecule has 22 heavy (non-hydrogen) atoms. The number of aldehydes is 1. The molecule has 0 saturated heterocycles. The van der Waals surface area contributed by atoms with Crippen molar-refractivity contribution in [3.63, 3.8) is 0 Å². The number of benzene rings is 2. The molecule has 0 amide bonds. The van der Waals surface area contributed by atoms with Gasteiger partial charge in [-0.25, -0.2) is 4.39 Å². The molecule has 0 unspecified atom stereocenters. The summed E-state index contributed by atoms with van der Waals surface area (Å²) in [5.74, 6) is 0.999. The minimum absolute atomic E-state index is 0.204. The molecule has 0 aromatic heterocycles. The lowest BCUT2D eigenvalue weighted by molar-refractivity contribution is -0.103. The van der Waals surface area contributed by atoms with Gasteiger partial charge in [0.2, 0.25) is 0 Å². The topological polar surface area (TPSA) is 35.5 Å². The standard InChI is InChI=1S/C18H13FO3/c1-12-11-21-17-5-3-2-4-15(17)18(22-12)16(10-20)13-6-8-14(19)9-7-13/h2-10H,1,11H2/b18-16+. The summed E-state index contributed by atoms with van der Waals surface area (Å²) in [6, 6.07) is 12.9. The summed E-state index contributed by atoms with van der Waals surface area (Å²) in [7, 11) is 0. The Morgan fingerprint density at radius 1 is 1.14 bits per heavy atom. The summed E-state index contributed by atoms with van der Waals surface area (Å²) in [4.78, 5) is 11.6. The third-order valence-electron chi connectivity index (χ3n) is 3.28. The monoisotopic (exact) mass is 296 g/mol.